The molecular formula is C35H68O6. The number of aliphatic carboxylic acids is 2. The van der Waals surface area contributed by atoms with Crippen molar-refractivity contribution >= 4 is 11.9 Å². The number of rotatable bonds is 30. The molecule has 0 bridgehead atoms. The van der Waals surface area contributed by atoms with E-state index in [0.29, 0.717) is 24.7 Å². The van der Waals surface area contributed by atoms with Gasteiger partial charge >= 0.3 is 11.9 Å². The Morgan fingerprint density at radius 2 is 0.683 bits per heavy atom. The quantitative estimate of drug-likeness (QED) is 0.0625. The monoisotopic (exact) mass is 585 g/mol. The summed E-state index contributed by atoms with van der Waals surface area (Å²) in [5.74, 6) is -0.430. The molecule has 4 unspecified atom stereocenters. The molecule has 4 N–H and O–H groups in total. The predicted molar refractivity (Wildman–Crippen MR) is 170 cm³/mol. The second-order valence-corrected chi connectivity index (χ2v) is 13.8. The Morgan fingerprint density at radius 1 is 0.439 bits per heavy atom. The van der Waals surface area contributed by atoms with Gasteiger partial charge in [0.05, 0.1) is 12.2 Å². The van der Waals surface area contributed by atoms with E-state index in [1.165, 1.54) is 70.6 Å². The van der Waals surface area contributed by atoms with Gasteiger partial charge in [0.2, 0.25) is 0 Å². The molecule has 0 fully saturated rings. The fraction of sp³-hybridized carbons (Fsp3) is 0.943. The summed E-state index contributed by atoms with van der Waals surface area (Å²) in [6, 6.07) is 0. The lowest BCUT2D eigenvalue weighted by atomic mass is 9.88. The number of unbranched alkanes of at least 4 members (excludes halogenated alkanes) is 14. The summed E-state index contributed by atoms with van der Waals surface area (Å²) in [6.45, 7) is 8.44. The maximum absolute atomic E-state index is 11.1. The Morgan fingerprint density at radius 3 is 0.902 bits per heavy atom. The van der Waals surface area contributed by atoms with E-state index in [9.17, 15) is 19.8 Å². The second-order valence-electron chi connectivity index (χ2n) is 13.8. The van der Waals surface area contributed by atoms with E-state index >= 15 is 0 Å². The third-order valence-electron chi connectivity index (χ3n) is 8.32. The summed E-state index contributed by atoms with van der Waals surface area (Å²) in [5, 5.41) is 38.9. The van der Waals surface area contributed by atoms with Gasteiger partial charge < -0.3 is 20.4 Å². The van der Waals surface area contributed by atoms with Crippen molar-refractivity contribution in [2.75, 3.05) is 0 Å². The van der Waals surface area contributed by atoms with Crippen LogP contribution in [0.1, 0.15) is 175 Å². The molecule has 0 aliphatic carbocycles. The predicted octanol–water partition coefficient (Wildman–Crippen LogP) is 9.39. The molecule has 0 saturated heterocycles. The molecule has 244 valence electrons. The van der Waals surface area contributed by atoms with Crippen LogP contribution in [-0.2, 0) is 9.59 Å². The van der Waals surface area contributed by atoms with Crippen LogP contribution in [0.3, 0.4) is 0 Å². The van der Waals surface area contributed by atoms with Gasteiger partial charge in [0.15, 0.2) is 0 Å². The first-order valence-corrected chi connectivity index (χ1v) is 17.3. The zero-order chi connectivity index (χ0) is 30.9. The zero-order valence-corrected chi connectivity index (χ0v) is 27.3. The molecule has 0 aliphatic rings. The van der Waals surface area contributed by atoms with E-state index in [1.54, 1.807) is 0 Å². The molecule has 0 aromatic rings. The molecule has 0 heterocycles. The first kappa shape index (κ1) is 39.9. The molecule has 0 rings (SSSR count). The van der Waals surface area contributed by atoms with Gasteiger partial charge in [-0.1, -0.05) is 124 Å². The molecule has 0 aromatic heterocycles. The topological polar surface area (TPSA) is 115 Å². The maximum Gasteiger partial charge on any atom is 0.303 e. The number of hydrogen-bond acceptors (Lipinski definition) is 4. The van der Waals surface area contributed by atoms with E-state index in [0.717, 1.165) is 51.4 Å². The van der Waals surface area contributed by atoms with Crippen LogP contribution in [0.4, 0.5) is 0 Å². The Labute approximate surface area is 253 Å². The number of aliphatic hydroxyl groups is 2. The van der Waals surface area contributed by atoms with E-state index in [2.05, 4.69) is 27.7 Å². The lowest BCUT2D eigenvalue weighted by Gasteiger charge is -2.20. The van der Waals surface area contributed by atoms with Crippen LogP contribution >= 0.6 is 0 Å². The van der Waals surface area contributed by atoms with Crippen LogP contribution < -0.4 is 0 Å². The fourth-order valence-corrected chi connectivity index (χ4v) is 6.42. The van der Waals surface area contributed by atoms with Crippen LogP contribution in [0.15, 0.2) is 0 Å². The summed E-state index contributed by atoms with van der Waals surface area (Å²) in [5.41, 5.74) is 0. The van der Waals surface area contributed by atoms with E-state index < -0.39 is 11.9 Å². The number of carboxylic acids is 2. The Hall–Kier alpha value is -1.14. The average Bonchev–Trinajstić information content (AvgIpc) is 2.84. The molecular weight excluding hydrogens is 516 g/mol. The summed E-state index contributed by atoms with van der Waals surface area (Å²) >= 11 is 0. The largest absolute Gasteiger partial charge is 0.481 e. The Kier molecular flexibility index (Phi) is 25.7. The fourth-order valence-electron chi connectivity index (χ4n) is 6.42. The molecule has 0 aliphatic heterocycles. The van der Waals surface area contributed by atoms with Crippen molar-refractivity contribution in [1.82, 2.24) is 0 Å². The molecule has 0 amide bonds. The lowest BCUT2D eigenvalue weighted by molar-refractivity contribution is -0.139. The van der Waals surface area contributed by atoms with Crippen molar-refractivity contribution in [3.63, 3.8) is 0 Å². The minimum atomic E-state index is -0.758. The van der Waals surface area contributed by atoms with Crippen LogP contribution in [0.2, 0.25) is 0 Å². The van der Waals surface area contributed by atoms with E-state index in [4.69, 9.17) is 10.2 Å². The maximum atomic E-state index is 11.1. The molecule has 0 aromatic carbocycles. The Bertz CT molecular complexity index is 568. The van der Waals surface area contributed by atoms with Crippen LogP contribution in [0.5, 0.6) is 0 Å². The molecule has 6 nitrogen and oxygen atoms in total. The van der Waals surface area contributed by atoms with Crippen LogP contribution in [-0.4, -0.2) is 44.6 Å². The SMILES string of the molecule is CC(C)CC(CC(=O)O)CC(O)CCCCCCCCCCCCCCCCCC(O)CC(CC(=O)O)CC(C)C. The third-order valence-corrected chi connectivity index (χ3v) is 8.32. The van der Waals surface area contributed by atoms with Gasteiger partial charge in [-0.25, -0.2) is 0 Å². The van der Waals surface area contributed by atoms with E-state index in [1.807, 2.05) is 0 Å². The number of carbonyl (C=O) groups is 2. The molecule has 0 spiro atoms. The highest BCUT2D eigenvalue weighted by molar-refractivity contribution is 5.67. The molecule has 4 atom stereocenters. The zero-order valence-electron chi connectivity index (χ0n) is 27.3. The standard InChI is InChI=1S/C35H68O6/c1-28(2)22-30(26-34(38)39)24-32(36)20-18-16-14-12-10-8-6-5-7-9-11-13-15-17-19-21-33(37)25-31(23-29(3)4)27-35(40)41/h28-33,36-37H,5-27H2,1-4H3,(H,38,39)(H,40,41). The van der Waals surface area contributed by atoms with Gasteiger partial charge in [-0.2, -0.15) is 0 Å². The van der Waals surface area contributed by atoms with Gasteiger partial charge in [0.1, 0.15) is 0 Å². The van der Waals surface area contributed by atoms with Gasteiger partial charge in [0.25, 0.3) is 0 Å². The first-order valence-electron chi connectivity index (χ1n) is 17.3. The molecule has 0 saturated carbocycles. The molecule has 0 radical (unpaired) electrons. The van der Waals surface area contributed by atoms with Crippen molar-refractivity contribution in [1.29, 1.82) is 0 Å². The number of hydrogen-bond donors (Lipinski definition) is 4. The highest BCUT2D eigenvalue weighted by Crippen LogP contribution is 2.24. The highest BCUT2D eigenvalue weighted by Gasteiger charge is 2.20. The van der Waals surface area contributed by atoms with Gasteiger partial charge in [-0.15, -0.1) is 0 Å². The van der Waals surface area contributed by atoms with Crippen molar-refractivity contribution in [3.8, 4) is 0 Å². The van der Waals surface area contributed by atoms with Crippen LogP contribution in [0, 0.1) is 23.7 Å². The minimum absolute atomic E-state index is 0.0829. The first-order chi connectivity index (χ1) is 19.5. The normalized spacial score (nSPS) is 14.8. The summed E-state index contributed by atoms with van der Waals surface area (Å²) < 4.78 is 0. The van der Waals surface area contributed by atoms with Gasteiger partial charge in [-0.05, 0) is 62.2 Å². The third kappa shape index (κ3) is 28.7. The van der Waals surface area contributed by atoms with E-state index in [-0.39, 0.29) is 36.9 Å². The smallest absolute Gasteiger partial charge is 0.303 e. The molecule has 6 heteroatoms. The highest BCUT2D eigenvalue weighted by atomic mass is 16.4. The summed E-state index contributed by atoms with van der Waals surface area (Å²) in [7, 11) is 0. The van der Waals surface area contributed by atoms with Crippen molar-refractivity contribution in [3.05, 3.63) is 0 Å². The van der Waals surface area contributed by atoms with Crippen molar-refractivity contribution < 1.29 is 30.0 Å². The van der Waals surface area contributed by atoms with Crippen molar-refractivity contribution in [2.45, 2.75) is 188 Å². The van der Waals surface area contributed by atoms with Crippen molar-refractivity contribution in [2.24, 2.45) is 23.7 Å². The summed E-state index contributed by atoms with van der Waals surface area (Å²) in [4.78, 5) is 22.1. The van der Waals surface area contributed by atoms with Crippen LogP contribution in [0.25, 0.3) is 0 Å². The number of aliphatic hydroxyl groups excluding tert-OH is 2. The summed E-state index contributed by atoms with van der Waals surface area (Å²) in [6.07, 6.45) is 22.8. The Balaban J connectivity index is 3.54. The average molecular weight is 585 g/mol. The second kappa shape index (κ2) is 26.5. The lowest BCUT2D eigenvalue weighted by Crippen LogP contribution is -2.18. The number of carboxylic acid groups (broad SMARTS) is 2. The minimum Gasteiger partial charge on any atom is -0.481 e. The van der Waals surface area contributed by atoms with Gasteiger partial charge in [0, 0.05) is 12.8 Å². The van der Waals surface area contributed by atoms with Gasteiger partial charge in [-0.3, -0.25) is 9.59 Å². The molecule has 41 heavy (non-hydrogen) atoms.